The minimum absolute atomic E-state index is 0.114. The third-order valence-corrected chi connectivity index (χ3v) is 6.40. The lowest BCUT2D eigenvalue weighted by molar-refractivity contribution is -0.181. The van der Waals surface area contributed by atoms with Crippen LogP contribution < -0.4 is 0 Å². The van der Waals surface area contributed by atoms with Crippen molar-refractivity contribution in [2.75, 3.05) is 38.7 Å². The zero-order valence-corrected chi connectivity index (χ0v) is 15.3. The lowest BCUT2D eigenvalue weighted by Gasteiger charge is -2.37. The summed E-state index contributed by atoms with van der Waals surface area (Å²) < 4.78 is 17.2. The van der Waals surface area contributed by atoms with Gasteiger partial charge in [-0.3, -0.25) is 4.79 Å². The number of carbonyl (C=O) groups is 1. The molecule has 3 aliphatic heterocycles. The molecule has 1 aromatic carbocycles. The Balaban J connectivity index is 1.39. The van der Waals surface area contributed by atoms with Crippen molar-refractivity contribution in [3.05, 3.63) is 29.8 Å². The van der Waals surface area contributed by atoms with Gasteiger partial charge in [-0.2, -0.15) is 0 Å². The lowest BCUT2D eigenvalue weighted by Crippen LogP contribution is -2.47. The second-order valence-electron chi connectivity index (χ2n) is 6.84. The van der Waals surface area contributed by atoms with E-state index in [2.05, 4.69) is 0 Å². The van der Waals surface area contributed by atoms with Crippen LogP contribution >= 0.6 is 11.8 Å². The maximum absolute atomic E-state index is 13.0. The van der Waals surface area contributed by atoms with E-state index in [9.17, 15) is 4.79 Å². The van der Waals surface area contributed by atoms with Crippen molar-refractivity contribution in [3.63, 3.8) is 0 Å². The fourth-order valence-electron chi connectivity index (χ4n) is 3.73. The molecule has 1 aromatic rings. The fraction of sp³-hybridized carbons (Fsp3) is 0.632. The summed E-state index contributed by atoms with van der Waals surface area (Å²) >= 11 is 1.73. The van der Waals surface area contributed by atoms with Crippen LogP contribution in [0.3, 0.4) is 0 Å². The second kappa shape index (κ2) is 7.66. The molecule has 136 valence electrons. The van der Waals surface area contributed by atoms with Crippen LogP contribution in [0.25, 0.3) is 0 Å². The van der Waals surface area contributed by atoms with Gasteiger partial charge in [0.15, 0.2) is 5.79 Å². The highest BCUT2D eigenvalue weighted by atomic mass is 32.2. The highest BCUT2D eigenvalue weighted by molar-refractivity contribution is 7.99. The van der Waals surface area contributed by atoms with Crippen molar-refractivity contribution in [1.82, 2.24) is 4.90 Å². The molecule has 3 fully saturated rings. The van der Waals surface area contributed by atoms with Gasteiger partial charge in [-0.25, -0.2) is 0 Å². The molecule has 6 heteroatoms. The third-order valence-electron chi connectivity index (χ3n) is 5.19. The normalized spacial score (nSPS) is 25.6. The van der Waals surface area contributed by atoms with E-state index in [-0.39, 0.29) is 5.91 Å². The predicted octanol–water partition coefficient (Wildman–Crippen LogP) is 2.94. The molecule has 0 saturated carbocycles. The van der Waals surface area contributed by atoms with Crippen molar-refractivity contribution < 1.29 is 19.0 Å². The summed E-state index contributed by atoms with van der Waals surface area (Å²) in [6, 6.07) is 7.92. The minimum Gasteiger partial charge on any atom is -0.377 e. The first-order chi connectivity index (χ1) is 12.3. The Morgan fingerprint density at radius 2 is 1.92 bits per heavy atom. The van der Waals surface area contributed by atoms with Gasteiger partial charge in [0.2, 0.25) is 0 Å². The number of ether oxygens (including phenoxy) is 3. The standard InChI is InChI=1S/C19H25NO4S/c21-18(20-9-7-19(8-10-20)23-12-13-24-19)16-5-1-2-6-17(16)25-14-15-4-3-11-22-15/h1-2,5-6,15H,3-4,7-14H2. The second-order valence-corrected chi connectivity index (χ2v) is 7.90. The Labute approximate surface area is 153 Å². The number of amides is 1. The summed E-state index contributed by atoms with van der Waals surface area (Å²) in [7, 11) is 0. The average molecular weight is 363 g/mol. The maximum atomic E-state index is 13.0. The van der Waals surface area contributed by atoms with Gasteiger partial charge in [-0.05, 0) is 25.0 Å². The van der Waals surface area contributed by atoms with Crippen LogP contribution in [0, 0.1) is 0 Å². The first-order valence-electron chi connectivity index (χ1n) is 9.16. The summed E-state index contributed by atoms with van der Waals surface area (Å²) in [6.07, 6.45) is 4.09. The summed E-state index contributed by atoms with van der Waals surface area (Å²) in [5.74, 6) is 0.586. The first-order valence-corrected chi connectivity index (χ1v) is 10.1. The van der Waals surface area contributed by atoms with E-state index < -0.39 is 5.79 Å². The largest absolute Gasteiger partial charge is 0.377 e. The lowest BCUT2D eigenvalue weighted by atomic mass is 10.0. The minimum atomic E-state index is -0.440. The van der Waals surface area contributed by atoms with E-state index in [1.54, 1.807) is 11.8 Å². The van der Waals surface area contributed by atoms with Crippen molar-refractivity contribution >= 4 is 17.7 Å². The van der Waals surface area contributed by atoms with Crippen LogP contribution in [-0.2, 0) is 14.2 Å². The first kappa shape index (κ1) is 17.3. The number of benzene rings is 1. The van der Waals surface area contributed by atoms with E-state index in [0.717, 1.165) is 48.5 Å². The van der Waals surface area contributed by atoms with Crippen LogP contribution in [0.2, 0.25) is 0 Å². The zero-order valence-electron chi connectivity index (χ0n) is 14.4. The molecule has 0 bridgehead atoms. The number of hydrogen-bond donors (Lipinski definition) is 0. The van der Waals surface area contributed by atoms with E-state index in [1.807, 2.05) is 29.2 Å². The Morgan fingerprint density at radius 3 is 2.64 bits per heavy atom. The number of likely N-dealkylation sites (tertiary alicyclic amines) is 1. The number of hydrogen-bond acceptors (Lipinski definition) is 5. The molecule has 0 aliphatic carbocycles. The Kier molecular flexibility index (Phi) is 5.31. The molecule has 0 aromatic heterocycles. The van der Waals surface area contributed by atoms with Crippen LogP contribution in [0.1, 0.15) is 36.0 Å². The van der Waals surface area contributed by atoms with Crippen LogP contribution in [0.4, 0.5) is 0 Å². The summed E-state index contributed by atoms with van der Waals surface area (Å²) in [5.41, 5.74) is 0.801. The van der Waals surface area contributed by atoms with E-state index in [1.165, 1.54) is 0 Å². The molecule has 1 atom stereocenters. The Hall–Kier alpha value is -1.08. The molecular weight excluding hydrogens is 338 g/mol. The number of carbonyl (C=O) groups excluding carboxylic acids is 1. The molecule has 1 amide bonds. The van der Waals surface area contributed by atoms with Crippen LogP contribution in [0.15, 0.2) is 29.2 Å². The zero-order chi connectivity index (χ0) is 17.1. The monoisotopic (exact) mass is 363 g/mol. The molecule has 1 spiro atoms. The highest BCUT2D eigenvalue weighted by Crippen LogP contribution is 2.33. The molecule has 3 heterocycles. The predicted molar refractivity (Wildman–Crippen MR) is 95.9 cm³/mol. The average Bonchev–Trinajstić information content (AvgIpc) is 3.33. The Morgan fingerprint density at radius 1 is 1.16 bits per heavy atom. The van der Waals surface area contributed by atoms with Crippen molar-refractivity contribution in [2.24, 2.45) is 0 Å². The molecule has 3 saturated heterocycles. The highest BCUT2D eigenvalue weighted by Gasteiger charge is 2.41. The van der Waals surface area contributed by atoms with E-state index in [0.29, 0.717) is 32.4 Å². The maximum Gasteiger partial charge on any atom is 0.254 e. The topological polar surface area (TPSA) is 48.0 Å². The molecule has 0 radical (unpaired) electrons. The quantitative estimate of drug-likeness (QED) is 0.770. The van der Waals surface area contributed by atoms with Gasteiger partial charge in [0.25, 0.3) is 5.91 Å². The molecule has 3 aliphatic rings. The fourth-order valence-corrected chi connectivity index (χ4v) is 4.85. The van der Waals surface area contributed by atoms with Crippen molar-refractivity contribution in [3.8, 4) is 0 Å². The molecule has 5 nitrogen and oxygen atoms in total. The number of thioether (sulfide) groups is 1. The summed E-state index contributed by atoms with van der Waals surface area (Å²) in [4.78, 5) is 16.0. The van der Waals surface area contributed by atoms with Gasteiger partial charge in [-0.15, -0.1) is 11.8 Å². The third kappa shape index (κ3) is 3.87. The molecule has 4 rings (SSSR count). The molecular formula is C19H25NO4S. The van der Waals surface area contributed by atoms with Gasteiger partial charge < -0.3 is 19.1 Å². The van der Waals surface area contributed by atoms with E-state index in [4.69, 9.17) is 14.2 Å². The van der Waals surface area contributed by atoms with Crippen molar-refractivity contribution in [2.45, 2.75) is 42.5 Å². The van der Waals surface area contributed by atoms with Gasteiger partial charge in [0, 0.05) is 43.2 Å². The molecule has 0 N–H and O–H groups in total. The van der Waals surface area contributed by atoms with E-state index >= 15 is 0 Å². The molecule has 25 heavy (non-hydrogen) atoms. The van der Waals surface area contributed by atoms with Crippen LogP contribution in [0.5, 0.6) is 0 Å². The van der Waals surface area contributed by atoms with Gasteiger partial charge in [-0.1, -0.05) is 12.1 Å². The number of rotatable bonds is 4. The van der Waals surface area contributed by atoms with Gasteiger partial charge in [0.1, 0.15) is 0 Å². The van der Waals surface area contributed by atoms with Crippen molar-refractivity contribution in [1.29, 1.82) is 0 Å². The van der Waals surface area contributed by atoms with Gasteiger partial charge in [0.05, 0.1) is 24.9 Å². The summed E-state index contributed by atoms with van der Waals surface area (Å²) in [6.45, 7) is 3.56. The van der Waals surface area contributed by atoms with Crippen LogP contribution in [-0.4, -0.2) is 61.4 Å². The number of nitrogens with zero attached hydrogens (tertiary/aromatic N) is 1. The number of piperidine rings is 1. The van der Waals surface area contributed by atoms with Gasteiger partial charge >= 0.3 is 0 Å². The smallest absolute Gasteiger partial charge is 0.254 e. The molecule has 1 unspecified atom stereocenters. The summed E-state index contributed by atoms with van der Waals surface area (Å²) in [5, 5.41) is 0. The SMILES string of the molecule is O=C(c1ccccc1SCC1CCCO1)N1CCC2(CC1)OCCO2. The Bertz CT molecular complexity index is 601.